The first kappa shape index (κ1) is 15.1. The smallest absolute Gasteiger partial charge is 0.255 e. The van der Waals surface area contributed by atoms with E-state index in [0.29, 0.717) is 12.1 Å². The number of rotatable bonds is 4. The zero-order valence-electron chi connectivity index (χ0n) is 11.7. The highest BCUT2D eigenvalue weighted by atomic mass is 19.2. The number of benzene rings is 1. The Morgan fingerprint density at radius 1 is 1.13 bits per heavy atom. The Kier molecular flexibility index (Phi) is 4.02. The second-order valence-corrected chi connectivity index (χ2v) is 4.79. The van der Waals surface area contributed by atoms with Crippen molar-refractivity contribution >= 4 is 0 Å². The summed E-state index contributed by atoms with van der Waals surface area (Å²) in [6.45, 7) is 0.452. The molecule has 0 fully saturated rings. The van der Waals surface area contributed by atoms with Crippen molar-refractivity contribution < 1.29 is 13.2 Å². The van der Waals surface area contributed by atoms with Gasteiger partial charge in [-0.1, -0.05) is 24.3 Å². The fraction of sp³-hybridized carbons (Fsp3) is 0.143. The standard InChI is InChI=1S/C14H11F3N6/c15-10-12(16)21-14(22-13(10)17)11(18)9-3-1-2-8(4-9)5-23-7-19-6-20-23/h1-4,6-7,11H,5,18H2. The van der Waals surface area contributed by atoms with Crippen molar-refractivity contribution in [2.24, 2.45) is 5.73 Å². The van der Waals surface area contributed by atoms with Gasteiger partial charge in [0, 0.05) is 0 Å². The highest BCUT2D eigenvalue weighted by molar-refractivity contribution is 5.29. The minimum absolute atomic E-state index is 0.334. The third kappa shape index (κ3) is 3.19. The molecular formula is C14H11F3N6. The molecule has 0 radical (unpaired) electrons. The molecule has 9 heteroatoms. The molecular weight excluding hydrogens is 309 g/mol. The second kappa shape index (κ2) is 6.13. The molecule has 1 unspecified atom stereocenters. The van der Waals surface area contributed by atoms with Crippen molar-refractivity contribution in [2.75, 3.05) is 0 Å². The van der Waals surface area contributed by atoms with Gasteiger partial charge >= 0.3 is 0 Å². The van der Waals surface area contributed by atoms with Gasteiger partial charge in [-0.2, -0.15) is 28.2 Å². The predicted molar refractivity (Wildman–Crippen MR) is 73.5 cm³/mol. The number of nitrogens with zero attached hydrogens (tertiary/aromatic N) is 5. The summed E-state index contributed by atoms with van der Waals surface area (Å²) in [4.78, 5) is 10.4. The minimum atomic E-state index is -1.72. The van der Waals surface area contributed by atoms with E-state index in [4.69, 9.17) is 5.73 Å². The molecule has 0 bridgehead atoms. The Bertz CT molecular complexity index is 798. The molecule has 23 heavy (non-hydrogen) atoms. The number of aromatic nitrogens is 5. The van der Waals surface area contributed by atoms with E-state index in [1.165, 1.54) is 6.33 Å². The van der Waals surface area contributed by atoms with Crippen LogP contribution in [-0.4, -0.2) is 24.7 Å². The van der Waals surface area contributed by atoms with E-state index in [1.54, 1.807) is 29.2 Å². The maximum absolute atomic E-state index is 13.2. The topological polar surface area (TPSA) is 82.5 Å². The van der Waals surface area contributed by atoms with Crippen LogP contribution in [0.2, 0.25) is 0 Å². The number of hydrogen-bond donors (Lipinski definition) is 1. The van der Waals surface area contributed by atoms with Crippen molar-refractivity contribution in [2.45, 2.75) is 12.6 Å². The van der Waals surface area contributed by atoms with Gasteiger partial charge in [0.05, 0.1) is 12.6 Å². The van der Waals surface area contributed by atoms with Crippen LogP contribution in [0.15, 0.2) is 36.9 Å². The van der Waals surface area contributed by atoms with Gasteiger partial charge < -0.3 is 5.73 Å². The van der Waals surface area contributed by atoms with E-state index < -0.39 is 23.8 Å². The molecule has 0 aliphatic carbocycles. The van der Waals surface area contributed by atoms with Crippen LogP contribution >= 0.6 is 0 Å². The Hall–Kier alpha value is -2.81. The van der Waals surface area contributed by atoms with Crippen molar-refractivity contribution in [3.63, 3.8) is 0 Å². The maximum atomic E-state index is 13.2. The van der Waals surface area contributed by atoms with Crippen LogP contribution in [0, 0.1) is 17.7 Å². The quantitative estimate of drug-likeness (QED) is 0.738. The van der Waals surface area contributed by atoms with E-state index >= 15 is 0 Å². The normalized spacial score (nSPS) is 12.3. The minimum Gasteiger partial charge on any atom is -0.318 e. The van der Waals surface area contributed by atoms with E-state index in [9.17, 15) is 13.2 Å². The van der Waals surface area contributed by atoms with Gasteiger partial charge in [-0.05, 0) is 11.1 Å². The fourth-order valence-electron chi connectivity index (χ4n) is 2.08. The lowest BCUT2D eigenvalue weighted by Crippen LogP contribution is -2.18. The second-order valence-electron chi connectivity index (χ2n) is 4.79. The van der Waals surface area contributed by atoms with Crippen LogP contribution in [0.4, 0.5) is 13.2 Å². The molecule has 0 amide bonds. The molecule has 3 aromatic rings. The molecule has 0 saturated carbocycles. The monoisotopic (exact) mass is 320 g/mol. The third-order valence-electron chi connectivity index (χ3n) is 3.19. The Balaban J connectivity index is 1.89. The third-order valence-corrected chi connectivity index (χ3v) is 3.19. The van der Waals surface area contributed by atoms with Crippen molar-refractivity contribution in [1.29, 1.82) is 0 Å². The number of nitrogens with two attached hydrogens (primary N) is 1. The lowest BCUT2D eigenvalue weighted by atomic mass is 10.0. The van der Waals surface area contributed by atoms with Crippen LogP contribution in [0.25, 0.3) is 0 Å². The van der Waals surface area contributed by atoms with E-state index in [2.05, 4.69) is 20.1 Å². The average Bonchev–Trinajstić information content (AvgIpc) is 3.04. The highest BCUT2D eigenvalue weighted by Gasteiger charge is 2.19. The first-order chi connectivity index (χ1) is 11.0. The molecule has 6 nitrogen and oxygen atoms in total. The molecule has 118 valence electrons. The summed E-state index contributed by atoms with van der Waals surface area (Å²) >= 11 is 0. The highest BCUT2D eigenvalue weighted by Crippen LogP contribution is 2.19. The van der Waals surface area contributed by atoms with Crippen molar-refractivity contribution in [3.8, 4) is 0 Å². The summed E-state index contributed by atoms with van der Waals surface area (Å²) in [5.74, 6) is -5.19. The summed E-state index contributed by atoms with van der Waals surface area (Å²) in [7, 11) is 0. The van der Waals surface area contributed by atoms with Gasteiger partial charge in [-0.15, -0.1) is 0 Å². The summed E-state index contributed by atoms with van der Waals surface area (Å²) in [5, 5.41) is 3.99. The van der Waals surface area contributed by atoms with E-state index in [1.807, 2.05) is 6.07 Å². The van der Waals surface area contributed by atoms with Gasteiger partial charge in [-0.25, -0.2) is 9.67 Å². The molecule has 3 rings (SSSR count). The summed E-state index contributed by atoms with van der Waals surface area (Å²) in [6.07, 6.45) is 2.97. The van der Waals surface area contributed by atoms with Gasteiger partial charge in [0.2, 0.25) is 5.82 Å². The summed E-state index contributed by atoms with van der Waals surface area (Å²) in [5.41, 5.74) is 7.32. The molecule has 0 saturated heterocycles. The van der Waals surface area contributed by atoms with Crippen LogP contribution in [-0.2, 0) is 6.54 Å². The molecule has 1 aromatic carbocycles. The first-order valence-electron chi connectivity index (χ1n) is 6.60. The molecule has 2 aromatic heterocycles. The first-order valence-corrected chi connectivity index (χ1v) is 6.60. The lowest BCUT2D eigenvalue weighted by molar-refractivity contribution is 0.397. The van der Waals surface area contributed by atoms with Gasteiger partial charge in [0.15, 0.2) is 5.82 Å². The number of halogens is 3. The van der Waals surface area contributed by atoms with Gasteiger partial charge in [-0.3, -0.25) is 0 Å². The van der Waals surface area contributed by atoms with Crippen molar-refractivity contribution in [1.82, 2.24) is 24.7 Å². The summed E-state index contributed by atoms with van der Waals surface area (Å²) < 4.78 is 40.9. The number of hydrogen-bond acceptors (Lipinski definition) is 5. The Morgan fingerprint density at radius 3 is 2.52 bits per heavy atom. The maximum Gasteiger partial charge on any atom is 0.255 e. The summed E-state index contributed by atoms with van der Waals surface area (Å²) in [6, 6.07) is 5.98. The predicted octanol–water partition coefficient (Wildman–Crippen LogP) is 1.58. The Morgan fingerprint density at radius 2 is 1.87 bits per heavy atom. The molecule has 2 heterocycles. The lowest BCUT2D eigenvalue weighted by Gasteiger charge is -2.12. The molecule has 2 N–H and O–H groups in total. The van der Waals surface area contributed by atoms with Crippen LogP contribution in [0.5, 0.6) is 0 Å². The zero-order valence-corrected chi connectivity index (χ0v) is 11.7. The van der Waals surface area contributed by atoms with Crippen molar-refractivity contribution in [3.05, 3.63) is 71.6 Å². The fourth-order valence-corrected chi connectivity index (χ4v) is 2.08. The van der Waals surface area contributed by atoms with Gasteiger partial charge in [0.1, 0.15) is 12.7 Å². The zero-order chi connectivity index (χ0) is 16.4. The Labute approximate surface area is 128 Å². The molecule has 0 aliphatic heterocycles. The van der Waals surface area contributed by atoms with Crippen LogP contribution < -0.4 is 5.73 Å². The molecule has 0 spiro atoms. The van der Waals surface area contributed by atoms with E-state index in [-0.39, 0.29) is 5.82 Å². The van der Waals surface area contributed by atoms with Crippen LogP contribution in [0.3, 0.4) is 0 Å². The van der Waals surface area contributed by atoms with Crippen LogP contribution in [0.1, 0.15) is 23.0 Å². The average molecular weight is 320 g/mol. The molecule has 0 aliphatic rings. The molecule has 1 atom stereocenters. The largest absolute Gasteiger partial charge is 0.318 e. The van der Waals surface area contributed by atoms with Gasteiger partial charge in [0.25, 0.3) is 11.9 Å². The van der Waals surface area contributed by atoms with E-state index in [0.717, 1.165) is 5.56 Å². The SMILES string of the molecule is NC(c1cccc(Cn2cncn2)c1)c1nc(F)c(F)c(F)n1.